The van der Waals surface area contributed by atoms with Crippen molar-refractivity contribution in [1.29, 1.82) is 0 Å². The predicted octanol–water partition coefficient (Wildman–Crippen LogP) is 2.00. The third-order valence-electron chi connectivity index (χ3n) is 0.775. The Morgan fingerprint density at radius 1 is 1.08 bits per heavy atom. The van der Waals surface area contributed by atoms with Crippen LogP contribution in [0.25, 0.3) is 0 Å². The molecular formula is C4H2F6O2S. The van der Waals surface area contributed by atoms with Crippen molar-refractivity contribution in [3.63, 3.8) is 0 Å². The Bertz CT molecular complexity index is 308. The van der Waals surface area contributed by atoms with E-state index in [9.17, 15) is 34.8 Å². The summed E-state index contributed by atoms with van der Waals surface area (Å²) in [6.07, 6.45) is -8.53. The molecule has 0 bridgehead atoms. The molecule has 0 aliphatic heterocycles. The fourth-order valence-corrected chi connectivity index (χ4v) is 1.19. The van der Waals surface area contributed by atoms with Crippen molar-refractivity contribution in [1.82, 2.24) is 0 Å². The highest BCUT2D eigenvalue weighted by atomic mass is 32.2. The Hall–Kier alpha value is -0.730. The maximum absolute atomic E-state index is 11.9. The van der Waals surface area contributed by atoms with E-state index >= 15 is 0 Å². The quantitative estimate of drug-likeness (QED) is 0.677. The number of sulfone groups is 1. The van der Waals surface area contributed by atoms with Gasteiger partial charge < -0.3 is 0 Å². The van der Waals surface area contributed by atoms with Gasteiger partial charge in [-0.1, -0.05) is 0 Å². The molecule has 0 N–H and O–H groups in total. The van der Waals surface area contributed by atoms with Crippen LogP contribution < -0.4 is 0 Å². The van der Waals surface area contributed by atoms with Crippen molar-refractivity contribution < 1.29 is 34.8 Å². The zero-order valence-corrected chi connectivity index (χ0v) is 6.52. The number of alkyl halides is 3. The molecule has 9 heteroatoms. The van der Waals surface area contributed by atoms with Gasteiger partial charge in [-0.2, -0.15) is 26.3 Å². The fraction of sp³-hybridized carbons (Fsp3) is 0.500. The van der Waals surface area contributed by atoms with Gasteiger partial charge in [-0.05, 0) is 0 Å². The van der Waals surface area contributed by atoms with Gasteiger partial charge in [0.1, 0.15) is 0 Å². The van der Waals surface area contributed by atoms with E-state index in [0.717, 1.165) is 0 Å². The first-order chi connectivity index (χ1) is 5.56. The molecule has 0 aromatic rings. The predicted molar refractivity (Wildman–Crippen MR) is 30.2 cm³/mol. The summed E-state index contributed by atoms with van der Waals surface area (Å²) in [5.41, 5.74) is 0. The van der Waals surface area contributed by atoms with Crippen LogP contribution in [-0.4, -0.2) is 20.3 Å². The maximum Gasteiger partial charge on any atom is 0.403 e. The van der Waals surface area contributed by atoms with Crippen molar-refractivity contribution in [3.8, 4) is 0 Å². The molecule has 0 rings (SSSR count). The van der Waals surface area contributed by atoms with Crippen LogP contribution in [-0.2, 0) is 9.84 Å². The smallest absolute Gasteiger partial charge is 0.221 e. The summed E-state index contributed by atoms with van der Waals surface area (Å²) in [6.45, 7) is 0. The summed E-state index contributed by atoms with van der Waals surface area (Å²) in [5.74, 6) is -2.64. The van der Waals surface area contributed by atoms with E-state index in [0.29, 0.717) is 0 Å². The molecule has 0 atom stereocenters. The number of hydrogen-bond donors (Lipinski definition) is 0. The molecule has 0 aliphatic carbocycles. The molecule has 0 unspecified atom stereocenters. The van der Waals surface area contributed by atoms with Gasteiger partial charge in [0.05, 0.1) is 0 Å². The fourth-order valence-electron chi connectivity index (χ4n) is 0.396. The first-order valence-electron chi connectivity index (χ1n) is 2.56. The first kappa shape index (κ1) is 12.3. The second kappa shape index (κ2) is 3.56. The highest BCUT2D eigenvalue weighted by Gasteiger charge is 2.39. The lowest BCUT2D eigenvalue weighted by atomic mass is 10.8. The van der Waals surface area contributed by atoms with Crippen LogP contribution in [0, 0.1) is 0 Å². The van der Waals surface area contributed by atoms with Gasteiger partial charge in [0, 0.05) is 0 Å². The van der Waals surface area contributed by atoms with E-state index in [1.54, 1.807) is 0 Å². The SMILES string of the molecule is O=S(=O)(CC(F)(F)F)C(F)=C(F)F. The molecule has 0 radical (unpaired) electrons. The van der Waals surface area contributed by atoms with Gasteiger partial charge in [0.2, 0.25) is 9.84 Å². The van der Waals surface area contributed by atoms with Gasteiger partial charge in [-0.15, -0.1) is 0 Å². The molecule has 0 aromatic carbocycles. The van der Waals surface area contributed by atoms with Crippen LogP contribution >= 0.6 is 0 Å². The van der Waals surface area contributed by atoms with E-state index in [2.05, 4.69) is 0 Å². The number of halogens is 6. The Morgan fingerprint density at radius 2 is 1.46 bits per heavy atom. The first-order valence-corrected chi connectivity index (χ1v) is 4.22. The summed E-state index contributed by atoms with van der Waals surface area (Å²) >= 11 is 0. The Balaban J connectivity index is 4.94. The van der Waals surface area contributed by atoms with Crippen LogP contribution in [0.1, 0.15) is 0 Å². The van der Waals surface area contributed by atoms with Crippen molar-refractivity contribution >= 4 is 9.84 Å². The number of hydrogen-bond acceptors (Lipinski definition) is 2. The topological polar surface area (TPSA) is 34.1 Å². The standard InChI is InChI=1S/C4H2F6O2S/c5-2(6)3(7)13(11,12)1-4(8,9)10/h1H2. The van der Waals surface area contributed by atoms with E-state index in [-0.39, 0.29) is 0 Å². The molecule has 0 aliphatic rings. The van der Waals surface area contributed by atoms with Crippen molar-refractivity contribution in [2.24, 2.45) is 0 Å². The molecule has 0 heterocycles. The third-order valence-corrected chi connectivity index (χ3v) is 2.18. The minimum absolute atomic E-state index is 2.64. The van der Waals surface area contributed by atoms with E-state index in [1.807, 2.05) is 0 Å². The largest absolute Gasteiger partial charge is 0.403 e. The molecule has 13 heavy (non-hydrogen) atoms. The molecule has 0 fully saturated rings. The van der Waals surface area contributed by atoms with Gasteiger partial charge in [0.15, 0.2) is 5.75 Å². The van der Waals surface area contributed by atoms with Crippen LogP contribution in [0.15, 0.2) is 11.2 Å². The molecule has 0 amide bonds. The summed E-state index contributed by atoms with van der Waals surface area (Å²) in [4.78, 5) is 0. The molecular weight excluding hydrogens is 226 g/mol. The van der Waals surface area contributed by atoms with Gasteiger partial charge in [-0.25, -0.2) is 8.42 Å². The van der Waals surface area contributed by atoms with Crippen LogP contribution in [0.2, 0.25) is 0 Å². The average molecular weight is 228 g/mol. The van der Waals surface area contributed by atoms with Gasteiger partial charge >= 0.3 is 12.3 Å². The second-order valence-electron chi connectivity index (χ2n) is 1.91. The van der Waals surface area contributed by atoms with E-state index in [4.69, 9.17) is 0 Å². The zero-order valence-electron chi connectivity index (χ0n) is 5.70. The van der Waals surface area contributed by atoms with Crippen LogP contribution in [0.5, 0.6) is 0 Å². The Kier molecular flexibility index (Phi) is 3.36. The lowest BCUT2D eigenvalue weighted by Crippen LogP contribution is -2.23. The molecule has 0 saturated carbocycles. The van der Waals surface area contributed by atoms with Crippen molar-refractivity contribution in [3.05, 3.63) is 11.2 Å². The molecule has 0 saturated heterocycles. The summed E-state index contributed by atoms with van der Waals surface area (Å²) in [5, 5.41) is -3.04. The summed E-state index contributed by atoms with van der Waals surface area (Å²) in [6, 6.07) is 0. The minimum atomic E-state index is -5.58. The normalized spacial score (nSPS) is 12.8. The summed E-state index contributed by atoms with van der Waals surface area (Å²) in [7, 11) is -5.58. The summed E-state index contributed by atoms with van der Waals surface area (Å²) < 4.78 is 88.8. The zero-order chi connectivity index (χ0) is 10.9. The molecule has 0 aromatic heterocycles. The number of rotatable bonds is 2. The maximum atomic E-state index is 11.9. The Morgan fingerprint density at radius 3 is 1.69 bits per heavy atom. The second-order valence-corrected chi connectivity index (χ2v) is 3.78. The van der Waals surface area contributed by atoms with Crippen molar-refractivity contribution in [2.75, 3.05) is 5.75 Å². The lowest BCUT2D eigenvalue weighted by Gasteiger charge is -2.04. The Labute approximate surface area is 68.8 Å². The lowest BCUT2D eigenvalue weighted by molar-refractivity contribution is -0.106. The third kappa shape index (κ3) is 4.15. The van der Waals surface area contributed by atoms with E-state index in [1.165, 1.54) is 0 Å². The molecule has 0 spiro atoms. The van der Waals surface area contributed by atoms with Crippen molar-refractivity contribution in [2.45, 2.75) is 6.18 Å². The highest BCUT2D eigenvalue weighted by molar-refractivity contribution is 7.95. The monoisotopic (exact) mass is 228 g/mol. The highest BCUT2D eigenvalue weighted by Crippen LogP contribution is 2.24. The van der Waals surface area contributed by atoms with Gasteiger partial charge in [-0.3, -0.25) is 0 Å². The minimum Gasteiger partial charge on any atom is -0.221 e. The van der Waals surface area contributed by atoms with E-state index < -0.39 is 33.0 Å². The molecule has 2 nitrogen and oxygen atoms in total. The molecule has 78 valence electrons. The van der Waals surface area contributed by atoms with Crippen LogP contribution in [0.4, 0.5) is 26.3 Å². The van der Waals surface area contributed by atoms with Crippen LogP contribution in [0.3, 0.4) is 0 Å². The van der Waals surface area contributed by atoms with Gasteiger partial charge in [0.25, 0.3) is 5.16 Å². The average Bonchev–Trinajstić information content (AvgIpc) is 1.80.